The highest BCUT2D eigenvalue weighted by molar-refractivity contribution is 5.55. The van der Waals surface area contributed by atoms with Crippen molar-refractivity contribution in [3.05, 3.63) is 75.7 Å². The van der Waals surface area contributed by atoms with Gasteiger partial charge in [-0.1, -0.05) is 45.0 Å². The largest absolute Gasteiger partial charge is 0.419 e. The van der Waals surface area contributed by atoms with Crippen LogP contribution in [-0.4, -0.2) is 15.1 Å². The minimum absolute atomic E-state index is 0.0254. The highest BCUT2D eigenvalue weighted by Gasteiger charge is 2.22. The van der Waals surface area contributed by atoms with E-state index in [4.69, 9.17) is 4.42 Å². The summed E-state index contributed by atoms with van der Waals surface area (Å²) in [6.45, 7) is 8.48. The molecule has 0 amide bonds. The van der Waals surface area contributed by atoms with E-state index < -0.39 is 4.92 Å². The SMILES string of the molecule is CCc1ccc([C@@H](N[C@H](C)c2nnc(-c3ccc([N+](=O)[O-])cc3)o2)C(C)C)cc1. The predicted octanol–water partition coefficient (Wildman–Crippen LogP) is 5.26. The van der Waals surface area contributed by atoms with Crippen molar-refractivity contribution < 1.29 is 9.34 Å². The Hall–Kier alpha value is -3.06. The maximum absolute atomic E-state index is 10.8. The number of non-ortho nitro benzene ring substituents is 1. The summed E-state index contributed by atoms with van der Waals surface area (Å²) in [6, 6.07) is 14.7. The number of nitro groups is 1. The first-order valence-electron chi connectivity index (χ1n) is 9.82. The number of hydrogen-bond acceptors (Lipinski definition) is 6. The van der Waals surface area contributed by atoms with E-state index in [1.54, 1.807) is 12.1 Å². The van der Waals surface area contributed by atoms with E-state index in [0.29, 0.717) is 23.3 Å². The Bertz CT molecular complexity index is 949. The molecule has 3 aromatic rings. The molecule has 0 spiro atoms. The van der Waals surface area contributed by atoms with Crippen LogP contribution in [0, 0.1) is 16.0 Å². The molecule has 0 aliphatic heterocycles. The number of aryl methyl sites for hydroxylation is 1. The van der Waals surface area contributed by atoms with Gasteiger partial charge in [-0.3, -0.25) is 15.4 Å². The van der Waals surface area contributed by atoms with Gasteiger partial charge in [0.25, 0.3) is 5.69 Å². The van der Waals surface area contributed by atoms with Gasteiger partial charge in [0.15, 0.2) is 0 Å². The normalized spacial score (nSPS) is 13.4. The topological polar surface area (TPSA) is 94.1 Å². The molecule has 0 aliphatic carbocycles. The maximum atomic E-state index is 10.8. The van der Waals surface area contributed by atoms with Crippen LogP contribution in [0.3, 0.4) is 0 Å². The van der Waals surface area contributed by atoms with Crippen LogP contribution in [-0.2, 0) is 6.42 Å². The van der Waals surface area contributed by atoms with Crippen molar-refractivity contribution in [2.24, 2.45) is 5.92 Å². The third-order valence-electron chi connectivity index (χ3n) is 4.98. The van der Waals surface area contributed by atoms with Crippen LogP contribution in [0.15, 0.2) is 52.9 Å². The number of nitrogens with one attached hydrogen (secondary N) is 1. The van der Waals surface area contributed by atoms with Crippen molar-refractivity contribution in [1.29, 1.82) is 0 Å². The Labute approximate surface area is 170 Å². The van der Waals surface area contributed by atoms with Gasteiger partial charge in [0.05, 0.1) is 11.0 Å². The summed E-state index contributed by atoms with van der Waals surface area (Å²) in [4.78, 5) is 10.4. The molecular weight excluding hydrogens is 368 g/mol. The van der Waals surface area contributed by atoms with Gasteiger partial charge in [-0.05, 0) is 42.5 Å². The van der Waals surface area contributed by atoms with E-state index in [9.17, 15) is 10.1 Å². The van der Waals surface area contributed by atoms with Gasteiger partial charge in [0.1, 0.15) is 0 Å². The Morgan fingerprint density at radius 2 is 1.69 bits per heavy atom. The molecule has 2 atom stereocenters. The number of hydrogen-bond donors (Lipinski definition) is 1. The number of benzene rings is 2. The van der Waals surface area contributed by atoms with Gasteiger partial charge in [-0.15, -0.1) is 10.2 Å². The second-order valence-corrected chi connectivity index (χ2v) is 7.45. The Morgan fingerprint density at radius 1 is 1.03 bits per heavy atom. The standard InChI is InChI=1S/C22H26N4O3/c1-5-16-6-8-17(9-7-16)20(14(2)3)23-15(4)21-24-25-22(29-21)18-10-12-19(13-11-18)26(27)28/h6-15,20,23H,5H2,1-4H3/t15-,20+/m1/s1. The first-order valence-corrected chi connectivity index (χ1v) is 9.82. The number of aromatic nitrogens is 2. The maximum Gasteiger partial charge on any atom is 0.269 e. The molecule has 29 heavy (non-hydrogen) atoms. The monoisotopic (exact) mass is 394 g/mol. The molecule has 0 aliphatic rings. The molecule has 0 fully saturated rings. The van der Waals surface area contributed by atoms with E-state index in [1.807, 2.05) is 6.92 Å². The summed E-state index contributed by atoms with van der Waals surface area (Å²) in [5.74, 6) is 1.20. The highest BCUT2D eigenvalue weighted by atomic mass is 16.6. The summed E-state index contributed by atoms with van der Waals surface area (Å²) in [5, 5.41) is 22.7. The lowest BCUT2D eigenvalue weighted by molar-refractivity contribution is -0.384. The summed E-state index contributed by atoms with van der Waals surface area (Å²) in [5.41, 5.74) is 3.21. The second-order valence-electron chi connectivity index (χ2n) is 7.45. The molecule has 0 radical (unpaired) electrons. The lowest BCUT2D eigenvalue weighted by atomic mass is 9.94. The van der Waals surface area contributed by atoms with Crippen molar-refractivity contribution in [1.82, 2.24) is 15.5 Å². The third-order valence-corrected chi connectivity index (χ3v) is 4.98. The van der Waals surface area contributed by atoms with Gasteiger partial charge in [-0.25, -0.2) is 0 Å². The lowest BCUT2D eigenvalue weighted by Gasteiger charge is -2.25. The Kier molecular flexibility index (Phi) is 6.39. The second kappa shape index (κ2) is 8.96. The van der Waals surface area contributed by atoms with Crippen LogP contribution in [0.4, 0.5) is 5.69 Å². The molecule has 1 heterocycles. The van der Waals surface area contributed by atoms with Gasteiger partial charge < -0.3 is 4.42 Å². The van der Waals surface area contributed by atoms with Crippen molar-refractivity contribution in [2.45, 2.75) is 46.2 Å². The average molecular weight is 394 g/mol. The molecule has 7 heteroatoms. The Morgan fingerprint density at radius 3 is 2.24 bits per heavy atom. The van der Waals surface area contributed by atoms with Crippen LogP contribution in [0.1, 0.15) is 56.8 Å². The summed E-state index contributed by atoms with van der Waals surface area (Å²) in [6.07, 6.45) is 1.02. The van der Waals surface area contributed by atoms with Crippen LogP contribution < -0.4 is 5.32 Å². The van der Waals surface area contributed by atoms with Gasteiger partial charge >= 0.3 is 0 Å². The summed E-state index contributed by atoms with van der Waals surface area (Å²) < 4.78 is 5.83. The highest BCUT2D eigenvalue weighted by Crippen LogP contribution is 2.28. The average Bonchev–Trinajstić information content (AvgIpc) is 3.22. The predicted molar refractivity (Wildman–Crippen MR) is 111 cm³/mol. The first kappa shape index (κ1) is 20.7. The van der Waals surface area contributed by atoms with Gasteiger partial charge in [0.2, 0.25) is 11.8 Å². The molecule has 1 aromatic heterocycles. The first-order chi connectivity index (χ1) is 13.9. The number of nitro benzene ring substituents is 1. The van der Waals surface area contributed by atoms with Crippen molar-refractivity contribution in [3.63, 3.8) is 0 Å². The molecule has 0 saturated heterocycles. The fourth-order valence-electron chi connectivity index (χ4n) is 3.23. The van der Waals surface area contributed by atoms with Gasteiger partial charge in [0, 0.05) is 23.7 Å². The lowest BCUT2D eigenvalue weighted by Crippen LogP contribution is -2.28. The zero-order valence-electron chi connectivity index (χ0n) is 17.1. The fraction of sp³-hybridized carbons (Fsp3) is 0.364. The molecule has 1 N–H and O–H groups in total. The molecule has 0 bridgehead atoms. The third kappa shape index (κ3) is 4.86. The molecule has 3 rings (SSSR count). The molecule has 0 saturated carbocycles. The van der Waals surface area contributed by atoms with E-state index in [1.165, 1.54) is 23.3 Å². The summed E-state index contributed by atoms with van der Waals surface area (Å²) >= 11 is 0. The van der Waals surface area contributed by atoms with Crippen molar-refractivity contribution >= 4 is 5.69 Å². The minimum atomic E-state index is -0.436. The van der Waals surface area contributed by atoms with Crippen molar-refractivity contribution in [3.8, 4) is 11.5 Å². The van der Waals surface area contributed by atoms with Crippen molar-refractivity contribution in [2.75, 3.05) is 0 Å². The van der Waals surface area contributed by atoms with Gasteiger partial charge in [-0.2, -0.15) is 0 Å². The van der Waals surface area contributed by atoms with E-state index >= 15 is 0 Å². The minimum Gasteiger partial charge on any atom is -0.419 e. The van der Waals surface area contributed by atoms with E-state index in [-0.39, 0.29) is 17.8 Å². The number of nitrogens with zero attached hydrogens (tertiary/aromatic N) is 3. The smallest absolute Gasteiger partial charge is 0.269 e. The quantitative estimate of drug-likeness (QED) is 0.414. The van der Waals surface area contributed by atoms with Crippen LogP contribution in [0.2, 0.25) is 0 Å². The molecule has 152 valence electrons. The molecule has 0 unspecified atom stereocenters. The molecule has 7 nitrogen and oxygen atoms in total. The number of rotatable bonds is 8. The van der Waals surface area contributed by atoms with Crippen LogP contribution in [0.5, 0.6) is 0 Å². The van der Waals surface area contributed by atoms with Crippen LogP contribution in [0.25, 0.3) is 11.5 Å². The summed E-state index contributed by atoms with van der Waals surface area (Å²) in [7, 11) is 0. The van der Waals surface area contributed by atoms with E-state index in [2.05, 4.69) is 60.6 Å². The van der Waals surface area contributed by atoms with Crippen LogP contribution >= 0.6 is 0 Å². The zero-order valence-corrected chi connectivity index (χ0v) is 17.1. The zero-order chi connectivity index (χ0) is 21.0. The van der Waals surface area contributed by atoms with E-state index in [0.717, 1.165) is 6.42 Å². The fourth-order valence-corrected chi connectivity index (χ4v) is 3.23. The molecule has 2 aromatic carbocycles. The Balaban J connectivity index is 1.75. The molecular formula is C22H26N4O3.